The molecule has 0 aliphatic carbocycles. The van der Waals surface area contributed by atoms with E-state index in [-0.39, 0.29) is 0 Å². The highest BCUT2D eigenvalue weighted by molar-refractivity contribution is 4.89. The zero-order chi connectivity index (χ0) is 11.0. The van der Waals surface area contributed by atoms with Crippen molar-refractivity contribution in [3.05, 3.63) is 0 Å². The Hall–Kier alpha value is -0.520. The Balaban J connectivity index is 3.73. The van der Waals surface area contributed by atoms with Gasteiger partial charge in [-0.05, 0) is 25.9 Å². The summed E-state index contributed by atoms with van der Waals surface area (Å²) in [5.74, 6) is 3.39. The van der Waals surface area contributed by atoms with Crippen LogP contribution in [0, 0.1) is 18.3 Å². The lowest BCUT2D eigenvalue weighted by atomic mass is 10.1. The molecule has 0 radical (unpaired) electrons. The van der Waals surface area contributed by atoms with Gasteiger partial charge in [0.2, 0.25) is 0 Å². The summed E-state index contributed by atoms with van der Waals surface area (Å²) >= 11 is 0. The van der Waals surface area contributed by atoms with Crippen LogP contribution in [0.25, 0.3) is 0 Å². The fraction of sp³-hybridized carbons (Fsp3) is 0.833. The summed E-state index contributed by atoms with van der Waals surface area (Å²) in [4.78, 5) is 2.23. The van der Waals surface area contributed by atoms with E-state index in [1.54, 1.807) is 0 Å². The first-order chi connectivity index (χ1) is 6.61. The minimum Gasteiger partial charge on any atom is -0.315 e. The van der Waals surface area contributed by atoms with Gasteiger partial charge in [-0.1, -0.05) is 26.7 Å². The lowest BCUT2D eigenvalue weighted by molar-refractivity contribution is 0.253. The number of terminal acetylenes is 1. The molecule has 0 amide bonds. The van der Waals surface area contributed by atoms with E-state index in [4.69, 9.17) is 6.42 Å². The second-order valence-electron chi connectivity index (χ2n) is 4.23. The van der Waals surface area contributed by atoms with Crippen LogP contribution in [-0.2, 0) is 0 Å². The third kappa shape index (κ3) is 6.01. The molecule has 0 saturated heterocycles. The summed E-state index contributed by atoms with van der Waals surface area (Å²) < 4.78 is 0. The van der Waals surface area contributed by atoms with Gasteiger partial charge >= 0.3 is 0 Å². The zero-order valence-electron chi connectivity index (χ0n) is 10.0. The highest BCUT2D eigenvalue weighted by atomic mass is 15.1. The number of hydrogen-bond donors (Lipinski definition) is 1. The minimum atomic E-state index is 0.560. The van der Waals surface area contributed by atoms with E-state index >= 15 is 0 Å². The molecule has 82 valence electrons. The van der Waals surface area contributed by atoms with Gasteiger partial charge in [-0.25, -0.2) is 0 Å². The van der Waals surface area contributed by atoms with Crippen molar-refractivity contribution in [1.82, 2.24) is 10.2 Å². The highest BCUT2D eigenvalue weighted by Crippen LogP contribution is 1.99. The molecule has 1 N–H and O–H groups in total. The maximum Gasteiger partial charge on any atom is 0.0599 e. The van der Waals surface area contributed by atoms with Crippen LogP contribution in [0.3, 0.4) is 0 Å². The van der Waals surface area contributed by atoms with Gasteiger partial charge in [0.05, 0.1) is 6.54 Å². The van der Waals surface area contributed by atoms with Crippen LogP contribution in [0.4, 0.5) is 0 Å². The van der Waals surface area contributed by atoms with E-state index in [1.807, 2.05) is 0 Å². The van der Waals surface area contributed by atoms with Crippen molar-refractivity contribution in [1.29, 1.82) is 0 Å². The molecular weight excluding hydrogens is 172 g/mol. The molecule has 0 bridgehead atoms. The number of nitrogens with one attached hydrogen (secondary N) is 1. The molecule has 0 fully saturated rings. The summed E-state index contributed by atoms with van der Waals surface area (Å²) in [7, 11) is 2.09. The second-order valence-corrected chi connectivity index (χ2v) is 4.23. The number of nitrogens with zero attached hydrogens (tertiary/aromatic N) is 1. The molecule has 1 atom stereocenters. The lowest BCUT2D eigenvalue weighted by Gasteiger charge is -2.25. The number of rotatable bonds is 7. The Labute approximate surface area is 89.1 Å². The van der Waals surface area contributed by atoms with Gasteiger partial charge in [-0.15, -0.1) is 6.42 Å². The maximum absolute atomic E-state index is 5.29. The summed E-state index contributed by atoms with van der Waals surface area (Å²) in [5.41, 5.74) is 0. The number of likely N-dealkylation sites (N-methyl/N-ethyl adjacent to an activating group) is 1. The van der Waals surface area contributed by atoms with Gasteiger partial charge in [-0.3, -0.25) is 4.90 Å². The Morgan fingerprint density at radius 1 is 1.36 bits per heavy atom. The van der Waals surface area contributed by atoms with Crippen LogP contribution in [0.15, 0.2) is 0 Å². The summed E-state index contributed by atoms with van der Waals surface area (Å²) in [6.45, 7) is 9.50. The van der Waals surface area contributed by atoms with Crippen LogP contribution >= 0.6 is 0 Å². The second kappa shape index (κ2) is 7.84. The summed E-state index contributed by atoms with van der Waals surface area (Å²) in [5, 5.41) is 3.46. The summed E-state index contributed by atoms with van der Waals surface area (Å²) in [6.07, 6.45) is 6.43. The van der Waals surface area contributed by atoms with E-state index in [0.717, 1.165) is 26.1 Å². The zero-order valence-corrected chi connectivity index (χ0v) is 10.0. The predicted molar refractivity (Wildman–Crippen MR) is 63.2 cm³/mol. The molecule has 0 aromatic rings. The van der Waals surface area contributed by atoms with Crippen LogP contribution in [0.2, 0.25) is 0 Å². The molecule has 0 aromatic carbocycles. The third-order valence-corrected chi connectivity index (χ3v) is 2.37. The fourth-order valence-corrected chi connectivity index (χ4v) is 1.42. The Kier molecular flexibility index (Phi) is 7.55. The Morgan fingerprint density at radius 3 is 2.43 bits per heavy atom. The standard InChI is InChI=1S/C12H24N2/c1-6-8-14(5)12(7-2)10-13-9-11(3)4/h1,11-13H,7-10H2,2-5H3. The maximum atomic E-state index is 5.29. The molecule has 0 rings (SSSR count). The molecular formula is C12H24N2. The fourth-order valence-electron chi connectivity index (χ4n) is 1.42. The van der Waals surface area contributed by atoms with Crippen molar-refractivity contribution in [2.24, 2.45) is 5.92 Å². The Bertz CT molecular complexity index is 170. The molecule has 2 heteroatoms. The van der Waals surface area contributed by atoms with Gasteiger partial charge in [0.1, 0.15) is 0 Å². The molecule has 14 heavy (non-hydrogen) atoms. The van der Waals surface area contributed by atoms with Gasteiger partial charge in [-0.2, -0.15) is 0 Å². The van der Waals surface area contributed by atoms with E-state index < -0.39 is 0 Å². The predicted octanol–water partition coefficient (Wildman–Crippen LogP) is 1.58. The molecule has 1 unspecified atom stereocenters. The summed E-state index contributed by atoms with van der Waals surface area (Å²) in [6, 6.07) is 0.560. The van der Waals surface area contributed by atoms with Gasteiger partial charge in [0.25, 0.3) is 0 Å². The average Bonchev–Trinajstić information content (AvgIpc) is 2.12. The molecule has 0 saturated carbocycles. The SMILES string of the molecule is C#CCN(C)C(CC)CNCC(C)C. The Morgan fingerprint density at radius 2 is 2.00 bits per heavy atom. The molecule has 0 heterocycles. The first-order valence-electron chi connectivity index (χ1n) is 5.46. The van der Waals surface area contributed by atoms with Gasteiger partial charge in [0.15, 0.2) is 0 Å². The largest absolute Gasteiger partial charge is 0.315 e. The van der Waals surface area contributed by atoms with Crippen molar-refractivity contribution >= 4 is 0 Å². The van der Waals surface area contributed by atoms with Crippen LogP contribution < -0.4 is 5.32 Å². The van der Waals surface area contributed by atoms with Crippen LogP contribution in [-0.4, -0.2) is 37.6 Å². The smallest absolute Gasteiger partial charge is 0.0599 e. The van der Waals surface area contributed by atoms with E-state index in [1.165, 1.54) is 0 Å². The van der Waals surface area contributed by atoms with Crippen LogP contribution in [0.5, 0.6) is 0 Å². The molecule has 0 spiro atoms. The topological polar surface area (TPSA) is 15.3 Å². The molecule has 2 nitrogen and oxygen atoms in total. The molecule has 0 aliphatic rings. The van der Waals surface area contributed by atoms with Crippen LogP contribution in [0.1, 0.15) is 27.2 Å². The third-order valence-electron chi connectivity index (χ3n) is 2.37. The van der Waals surface area contributed by atoms with E-state index in [0.29, 0.717) is 12.0 Å². The van der Waals surface area contributed by atoms with E-state index in [2.05, 4.69) is 44.0 Å². The van der Waals surface area contributed by atoms with Crippen molar-refractivity contribution < 1.29 is 0 Å². The monoisotopic (exact) mass is 196 g/mol. The highest BCUT2D eigenvalue weighted by Gasteiger charge is 2.10. The normalized spacial score (nSPS) is 13.2. The minimum absolute atomic E-state index is 0.560. The molecule has 0 aliphatic heterocycles. The van der Waals surface area contributed by atoms with Crippen molar-refractivity contribution in [3.8, 4) is 12.3 Å². The van der Waals surface area contributed by atoms with E-state index in [9.17, 15) is 0 Å². The van der Waals surface area contributed by atoms with Gasteiger partial charge in [0, 0.05) is 12.6 Å². The first kappa shape index (κ1) is 13.5. The first-order valence-corrected chi connectivity index (χ1v) is 5.46. The van der Waals surface area contributed by atoms with Crippen molar-refractivity contribution in [2.75, 3.05) is 26.7 Å². The van der Waals surface area contributed by atoms with Crippen molar-refractivity contribution in [3.63, 3.8) is 0 Å². The lowest BCUT2D eigenvalue weighted by Crippen LogP contribution is -2.40. The quantitative estimate of drug-likeness (QED) is 0.622. The van der Waals surface area contributed by atoms with Gasteiger partial charge < -0.3 is 5.32 Å². The average molecular weight is 196 g/mol. The van der Waals surface area contributed by atoms with Crippen molar-refractivity contribution in [2.45, 2.75) is 33.2 Å². The molecule has 0 aromatic heterocycles. The number of hydrogen-bond acceptors (Lipinski definition) is 2.